The minimum absolute atomic E-state index is 0.0253. The van der Waals surface area contributed by atoms with Gasteiger partial charge >= 0.3 is 0 Å². The largest absolute Gasteiger partial charge is 0.287 e. The van der Waals surface area contributed by atoms with Gasteiger partial charge < -0.3 is 0 Å². The summed E-state index contributed by atoms with van der Waals surface area (Å²) in [5.74, 6) is 0. The van der Waals surface area contributed by atoms with Gasteiger partial charge in [-0.1, -0.05) is 6.92 Å². The molecule has 0 saturated carbocycles. The van der Waals surface area contributed by atoms with Crippen molar-refractivity contribution in [1.82, 2.24) is 9.84 Å². The molecule has 2 heterocycles. The molecule has 3 N–H and O–H groups in total. The Labute approximate surface area is 115 Å². The minimum atomic E-state index is -3.90. The fourth-order valence-electron chi connectivity index (χ4n) is 1.50. The lowest BCUT2D eigenvalue weighted by Crippen LogP contribution is -2.40. The second kappa shape index (κ2) is 4.87. The topological polar surface area (TPSA) is 110 Å². The molecular formula is C9H13N3O4S3. The van der Waals surface area contributed by atoms with Gasteiger partial charge in [0.15, 0.2) is 0 Å². The SMILES string of the molecule is CCCNN1C=Cc2cc(S(N)(=O)=O)sc2S1(=O)=O. The van der Waals surface area contributed by atoms with E-state index in [9.17, 15) is 16.8 Å². The van der Waals surface area contributed by atoms with E-state index in [0.717, 1.165) is 10.8 Å². The molecule has 0 unspecified atom stereocenters. The Hall–Kier alpha value is -0.940. The van der Waals surface area contributed by atoms with Crippen molar-refractivity contribution in [1.29, 1.82) is 0 Å². The first kappa shape index (κ1) is 14.5. The van der Waals surface area contributed by atoms with Crippen molar-refractivity contribution in [2.24, 2.45) is 5.14 Å². The zero-order valence-corrected chi connectivity index (χ0v) is 12.5. The van der Waals surface area contributed by atoms with Crippen LogP contribution in [0.2, 0.25) is 0 Å². The maximum Gasteiger partial charge on any atom is 0.287 e. The fourth-order valence-corrected chi connectivity index (χ4v) is 5.30. The van der Waals surface area contributed by atoms with Crippen LogP contribution in [0.4, 0.5) is 0 Å². The summed E-state index contributed by atoms with van der Waals surface area (Å²) in [7, 11) is -7.66. The molecule has 0 radical (unpaired) electrons. The van der Waals surface area contributed by atoms with Crippen LogP contribution in [0.5, 0.6) is 0 Å². The molecule has 1 aliphatic heterocycles. The fraction of sp³-hybridized carbons (Fsp3) is 0.333. The number of hydrazine groups is 1. The Morgan fingerprint density at radius 3 is 2.74 bits per heavy atom. The number of nitrogens with one attached hydrogen (secondary N) is 1. The zero-order valence-electron chi connectivity index (χ0n) is 10.0. The van der Waals surface area contributed by atoms with Gasteiger partial charge in [0.2, 0.25) is 10.0 Å². The molecular weight excluding hydrogens is 310 g/mol. The third-order valence-electron chi connectivity index (χ3n) is 2.38. The van der Waals surface area contributed by atoms with E-state index >= 15 is 0 Å². The summed E-state index contributed by atoms with van der Waals surface area (Å²) in [4.78, 5) is 0. The highest BCUT2D eigenvalue weighted by Crippen LogP contribution is 2.35. The molecule has 0 aliphatic carbocycles. The Bertz CT molecular complexity index is 718. The maximum absolute atomic E-state index is 12.2. The molecule has 19 heavy (non-hydrogen) atoms. The number of fused-ring (bicyclic) bond motifs is 1. The normalized spacial score (nSPS) is 17.5. The van der Waals surface area contributed by atoms with Crippen LogP contribution in [0.25, 0.3) is 6.08 Å². The second-order valence-corrected chi connectivity index (χ2v) is 8.73. The lowest BCUT2D eigenvalue weighted by molar-refractivity contribution is 0.401. The molecule has 106 valence electrons. The van der Waals surface area contributed by atoms with Gasteiger partial charge in [0.1, 0.15) is 8.42 Å². The molecule has 0 bridgehead atoms. The summed E-state index contributed by atoms with van der Waals surface area (Å²) < 4.78 is 47.8. The van der Waals surface area contributed by atoms with Crippen LogP contribution in [0.1, 0.15) is 18.9 Å². The Kier molecular flexibility index (Phi) is 3.71. The summed E-state index contributed by atoms with van der Waals surface area (Å²) in [6.45, 7) is 2.40. The molecule has 7 nitrogen and oxygen atoms in total. The molecule has 1 aromatic rings. The van der Waals surface area contributed by atoms with Gasteiger partial charge in [0, 0.05) is 18.3 Å². The summed E-state index contributed by atoms with van der Waals surface area (Å²) in [6.07, 6.45) is 3.65. The number of primary sulfonamides is 1. The van der Waals surface area contributed by atoms with E-state index in [0.29, 0.717) is 23.4 Å². The summed E-state index contributed by atoms with van der Waals surface area (Å²) in [5.41, 5.74) is 3.07. The highest BCUT2D eigenvalue weighted by molar-refractivity contribution is 7.94. The van der Waals surface area contributed by atoms with E-state index in [2.05, 4.69) is 5.43 Å². The Balaban J connectivity index is 2.47. The zero-order chi connectivity index (χ0) is 14.3. The smallest absolute Gasteiger partial charge is 0.224 e. The molecule has 1 aliphatic rings. The summed E-state index contributed by atoms with van der Waals surface area (Å²) in [6, 6.07) is 1.26. The van der Waals surface area contributed by atoms with Crippen molar-refractivity contribution in [3.8, 4) is 0 Å². The van der Waals surface area contributed by atoms with Crippen LogP contribution in [-0.2, 0) is 20.0 Å². The van der Waals surface area contributed by atoms with Gasteiger partial charge in [0.05, 0.1) is 0 Å². The molecule has 1 aromatic heterocycles. The quantitative estimate of drug-likeness (QED) is 0.827. The van der Waals surface area contributed by atoms with Gasteiger partial charge in [-0.05, 0) is 18.6 Å². The first-order valence-corrected chi connectivity index (χ1v) is 9.20. The van der Waals surface area contributed by atoms with Crippen LogP contribution in [-0.4, -0.2) is 27.8 Å². The summed E-state index contributed by atoms with van der Waals surface area (Å²) >= 11 is 0.653. The number of sulfonamides is 2. The number of hydrogen-bond donors (Lipinski definition) is 2. The van der Waals surface area contributed by atoms with E-state index < -0.39 is 20.0 Å². The van der Waals surface area contributed by atoms with E-state index in [1.807, 2.05) is 6.92 Å². The van der Waals surface area contributed by atoms with Crippen molar-refractivity contribution in [2.75, 3.05) is 6.54 Å². The molecule has 0 aromatic carbocycles. The molecule has 0 amide bonds. The standard InChI is InChI=1S/C9H13N3O4S3/c1-2-4-11-12-5-3-7-6-8(18(10,13)14)17-9(7)19(12,15)16/h3,5-6,11H,2,4H2,1H3,(H2,10,13,14). The third-order valence-corrected chi connectivity index (χ3v) is 7.10. The molecule has 0 atom stereocenters. The first-order chi connectivity index (χ1) is 8.76. The predicted octanol–water partition coefficient (Wildman–Crippen LogP) is 0.285. The van der Waals surface area contributed by atoms with Gasteiger partial charge in [-0.3, -0.25) is 0 Å². The minimum Gasteiger partial charge on any atom is -0.224 e. The van der Waals surface area contributed by atoms with Gasteiger partial charge in [-0.15, -0.1) is 11.3 Å². The van der Waals surface area contributed by atoms with Gasteiger partial charge in [-0.2, -0.15) is 8.42 Å². The monoisotopic (exact) mass is 323 g/mol. The lowest BCUT2D eigenvalue weighted by Gasteiger charge is -2.23. The number of hydrogen-bond acceptors (Lipinski definition) is 6. The Morgan fingerprint density at radius 2 is 2.16 bits per heavy atom. The molecule has 0 spiro atoms. The van der Waals surface area contributed by atoms with Crippen molar-refractivity contribution in [3.05, 3.63) is 17.8 Å². The van der Waals surface area contributed by atoms with E-state index in [-0.39, 0.29) is 8.42 Å². The van der Waals surface area contributed by atoms with Crippen molar-refractivity contribution in [2.45, 2.75) is 21.8 Å². The van der Waals surface area contributed by atoms with Crippen molar-refractivity contribution < 1.29 is 16.8 Å². The van der Waals surface area contributed by atoms with Crippen LogP contribution < -0.4 is 10.6 Å². The van der Waals surface area contributed by atoms with E-state index in [1.54, 1.807) is 0 Å². The first-order valence-electron chi connectivity index (χ1n) is 5.39. The predicted molar refractivity (Wildman–Crippen MR) is 72.0 cm³/mol. The third kappa shape index (κ3) is 2.67. The molecule has 2 rings (SSSR count). The number of nitrogens with zero attached hydrogens (tertiary/aromatic N) is 1. The molecule has 0 saturated heterocycles. The van der Waals surface area contributed by atoms with Gasteiger partial charge in [0.25, 0.3) is 10.0 Å². The van der Waals surface area contributed by atoms with Crippen LogP contribution in [0, 0.1) is 0 Å². The van der Waals surface area contributed by atoms with E-state index in [4.69, 9.17) is 5.14 Å². The molecule has 0 fully saturated rings. The number of rotatable bonds is 4. The van der Waals surface area contributed by atoms with E-state index in [1.165, 1.54) is 18.3 Å². The molecule has 10 heteroatoms. The van der Waals surface area contributed by atoms with Gasteiger partial charge in [-0.25, -0.2) is 23.4 Å². The summed E-state index contributed by atoms with van der Waals surface area (Å²) in [5, 5.41) is 5.01. The van der Waals surface area contributed by atoms with Crippen LogP contribution in [0.3, 0.4) is 0 Å². The highest BCUT2D eigenvalue weighted by Gasteiger charge is 2.31. The van der Waals surface area contributed by atoms with Crippen LogP contribution >= 0.6 is 11.3 Å². The lowest BCUT2D eigenvalue weighted by atomic mass is 10.3. The van der Waals surface area contributed by atoms with Crippen molar-refractivity contribution in [3.63, 3.8) is 0 Å². The Morgan fingerprint density at radius 1 is 1.47 bits per heavy atom. The average molecular weight is 323 g/mol. The highest BCUT2D eigenvalue weighted by atomic mass is 32.3. The average Bonchev–Trinajstić information content (AvgIpc) is 2.73. The maximum atomic E-state index is 12.2. The second-order valence-electron chi connectivity index (χ2n) is 3.88. The number of thiophene rings is 1. The van der Waals surface area contributed by atoms with Crippen molar-refractivity contribution >= 4 is 37.5 Å². The number of nitrogens with two attached hydrogens (primary N) is 1. The van der Waals surface area contributed by atoms with Crippen LogP contribution in [0.15, 0.2) is 20.7 Å².